The first-order valence-corrected chi connectivity index (χ1v) is 10.6. The minimum Gasteiger partial charge on any atom is -0.477 e. The number of halogens is 1. The number of aromatic nitrogens is 1. The van der Waals surface area contributed by atoms with E-state index in [2.05, 4.69) is 26.2 Å². The van der Waals surface area contributed by atoms with Crippen LogP contribution in [0.3, 0.4) is 0 Å². The Kier molecular flexibility index (Phi) is 5.99. The molecule has 8 heteroatoms. The number of likely N-dealkylation sites (tertiary alicyclic amines) is 1. The molecule has 2 amide bonds. The van der Waals surface area contributed by atoms with Gasteiger partial charge in [-0.25, -0.2) is 4.98 Å². The maximum atomic E-state index is 13.0. The number of nitrogens with one attached hydrogen (secondary N) is 1. The molecule has 152 valence electrons. The fourth-order valence-corrected chi connectivity index (χ4v) is 3.94. The van der Waals surface area contributed by atoms with Gasteiger partial charge in [0.25, 0.3) is 5.91 Å². The Balaban J connectivity index is 1.48. The van der Waals surface area contributed by atoms with E-state index < -0.39 is 6.10 Å². The highest BCUT2D eigenvalue weighted by Gasteiger charge is 2.34. The lowest BCUT2D eigenvalue weighted by Gasteiger charge is -2.38. The van der Waals surface area contributed by atoms with Crippen LogP contribution in [-0.2, 0) is 9.59 Å². The van der Waals surface area contributed by atoms with E-state index in [0.717, 1.165) is 42.5 Å². The first kappa shape index (κ1) is 19.7. The van der Waals surface area contributed by atoms with Gasteiger partial charge in [-0.2, -0.15) is 0 Å². The molecule has 2 aliphatic rings. The molecular weight excluding hydrogens is 436 g/mol. The summed E-state index contributed by atoms with van der Waals surface area (Å²) in [6.07, 6.45) is 4.24. The number of ether oxygens (including phenoxy) is 1. The number of amides is 2. The van der Waals surface area contributed by atoms with E-state index in [1.165, 1.54) is 0 Å². The lowest BCUT2D eigenvalue weighted by molar-refractivity contribution is -0.139. The molecule has 0 radical (unpaired) electrons. The molecular formula is C21H23BrN4O3. The standard InChI is InChI=1S/C21H23BrN4O3/c22-15-8-9-19(23-12-15)24-20(27)14-26-13-18(21(28)25-10-4-1-5-11-25)29-17-7-3-2-6-16(17)26/h2-3,6-9,12,18H,1,4-5,10-11,13-14H2,(H,23,24,27). The summed E-state index contributed by atoms with van der Waals surface area (Å²) in [6, 6.07) is 11.1. The van der Waals surface area contributed by atoms with E-state index in [0.29, 0.717) is 18.1 Å². The van der Waals surface area contributed by atoms with Crippen molar-refractivity contribution in [1.82, 2.24) is 9.88 Å². The molecule has 1 aromatic carbocycles. The van der Waals surface area contributed by atoms with Crippen molar-refractivity contribution >= 4 is 39.2 Å². The van der Waals surface area contributed by atoms with Crippen LogP contribution in [0.15, 0.2) is 47.1 Å². The summed E-state index contributed by atoms with van der Waals surface area (Å²) in [7, 11) is 0. The molecule has 1 fully saturated rings. The van der Waals surface area contributed by atoms with E-state index in [1.54, 1.807) is 12.3 Å². The summed E-state index contributed by atoms with van der Waals surface area (Å²) in [6.45, 7) is 2.00. The lowest BCUT2D eigenvalue weighted by Crippen LogP contribution is -2.52. The SMILES string of the molecule is O=C(CN1CC(C(=O)N2CCCCC2)Oc2ccccc21)Nc1ccc(Br)cn1. The van der Waals surface area contributed by atoms with Gasteiger partial charge in [0.05, 0.1) is 18.8 Å². The van der Waals surface area contributed by atoms with Gasteiger partial charge in [-0.15, -0.1) is 0 Å². The molecule has 1 saturated heterocycles. The summed E-state index contributed by atoms with van der Waals surface area (Å²) < 4.78 is 6.85. The minimum absolute atomic E-state index is 0.000752. The van der Waals surface area contributed by atoms with Gasteiger partial charge in [-0.3, -0.25) is 9.59 Å². The molecule has 0 bridgehead atoms. The van der Waals surface area contributed by atoms with E-state index in [4.69, 9.17) is 4.74 Å². The first-order chi connectivity index (χ1) is 14.1. The molecule has 0 aliphatic carbocycles. The molecule has 1 atom stereocenters. The summed E-state index contributed by atoms with van der Waals surface area (Å²) in [4.78, 5) is 33.5. The van der Waals surface area contributed by atoms with Crippen LogP contribution >= 0.6 is 15.9 Å². The Bertz CT molecular complexity index is 884. The average Bonchev–Trinajstić information content (AvgIpc) is 2.75. The number of nitrogens with zero attached hydrogens (tertiary/aromatic N) is 3. The van der Waals surface area contributed by atoms with Crippen molar-refractivity contribution in [2.75, 3.05) is 36.4 Å². The van der Waals surface area contributed by atoms with Gasteiger partial charge in [0.15, 0.2) is 6.10 Å². The summed E-state index contributed by atoms with van der Waals surface area (Å²) in [5.74, 6) is 0.921. The number of piperidine rings is 1. The number of para-hydroxylation sites is 2. The number of benzene rings is 1. The second-order valence-corrected chi connectivity index (χ2v) is 8.17. The number of fused-ring (bicyclic) bond motifs is 1. The van der Waals surface area contributed by atoms with Gasteiger partial charge in [0.2, 0.25) is 5.91 Å². The van der Waals surface area contributed by atoms with E-state index in [9.17, 15) is 9.59 Å². The maximum absolute atomic E-state index is 13.0. The van der Waals surface area contributed by atoms with Gasteiger partial charge in [0.1, 0.15) is 11.6 Å². The summed E-state index contributed by atoms with van der Waals surface area (Å²) in [5, 5.41) is 2.81. The fraction of sp³-hybridized carbons (Fsp3) is 0.381. The van der Waals surface area contributed by atoms with Gasteiger partial charge in [0, 0.05) is 23.8 Å². The van der Waals surface area contributed by atoms with Crippen molar-refractivity contribution in [2.45, 2.75) is 25.4 Å². The van der Waals surface area contributed by atoms with Crippen molar-refractivity contribution in [3.05, 3.63) is 47.1 Å². The Labute approximate surface area is 178 Å². The van der Waals surface area contributed by atoms with Crippen molar-refractivity contribution in [3.8, 4) is 5.75 Å². The fourth-order valence-electron chi connectivity index (χ4n) is 3.71. The number of rotatable bonds is 4. The zero-order valence-corrected chi connectivity index (χ0v) is 17.6. The zero-order chi connectivity index (χ0) is 20.2. The number of carbonyl (C=O) groups excluding carboxylic acids is 2. The number of pyridine rings is 1. The Morgan fingerprint density at radius 3 is 2.69 bits per heavy atom. The highest BCUT2D eigenvalue weighted by Crippen LogP contribution is 2.33. The summed E-state index contributed by atoms with van der Waals surface area (Å²) >= 11 is 3.33. The molecule has 1 aromatic heterocycles. The highest BCUT2D eigenvalue weighted by molar-refractivity contribution is 9.10. The molecule has 1 N–H and O–H groups in total. The Morgan fingerprint density at radius 1 is 1.14 bits per heavy atom. The topological polar surface area (TPSA) is 74.8 Å². The Morgan fingerprint density at radius 2 is 1.93 bits per heavy atom. The molecule has 3 heterocycles. The molecule has 29 heavy (non-hydrogen) atoms. The van der Waals surface area contributed by atoms with Crippen molar-refractivity contribution < 1.29 is 14.3 Å². The van der Waals surface area contributed by atoms with Crippen LogP contribution in [0.2, 0.25) is 0 Å². The zero-order valence-electron chi connectivity index (χ0n) is 16.0. The lowest BCUT2D eigenvalue weighted by atomic mass is 10.1. The largest absolute Gasteiger partial charge is 0.477 e. The average molecular weight is 459 g/mol. The van der Waals surface area contributed by atoms with Crippen LogP contribution in [0.1, 0.15) is 19.3 Å². The predicted octanol–water partition coefficient (Wildman–Crippen LogP) is 3.06. The van der Waals surface area contributed by atoms with Crippen LogP contribution in [-0.4, -0.2) is 54.0 Å². The number of hydrogen-bond acceptors (Lipinski definition) is 5. The highest BCUT2D eigenvalue weighted by atomic mass is 79.9. The van der Waals surface area contributed by atoms with E-state index in [-0.39, 0.29) is 18.4 Å². The molecule has 2 aliphatic heterocycles. The summed E-state index contributed by atoms with van der Waals surface area (Å²) in [5.41, 5.74) is 0.814. The van der Waals surface area contributed by atoms with Crippen LogP contribution in [0.25, 0.3) is 0 Å². The smallest absolute Gasteiger partial charge is 0.265 e. The number of hydrogen-bond donors (Lipinski definition) is 1. The van der Waals surface area contributed by atoms with Crippen molar-refractivity contribution in [3.63, 3.8) is 0 Å². The van der Waals surface area contributed by atoms with E-state index >= 15 is 0 Å². The monoisotopic (exact) mass is 458 g/mol. The number of carbonyl (C=O) groups is 2. The first-order valence-electron chi connectivity index (χ1n) is 9.81. The van der Waals surface area contributed by atoms with Crippen LogP contribution in [0, 0.1) is 0 Å². The van der Waals surface area contributed by atoms with Gasteiger partial charge < -0.3 is 19.9 Å². The van der Waals surface area contributed by atoms with Gasteiger partial charge in [-0.05, 0) is 59.5 Å². The molecule has 0 spiro atoms. The minimum atomic E-state index is -0.610. The van der Waals surface area contributed by atoms with Crippen molar-refractivity contribution in [1.29, 1.82) is 0 Å². The Hall–Kier alpha value is -2.61. The third-order valence-electron chi connectivity index (χ3n) is 5.13. The quantitative estimate of drug-likeness (QED) is 0.761. The molecule has 0 saturated carbocycles. The molecule has 2 aromatic rings. The van der Waals surface area contributed by atoms with Gasteiger partial charge >= 0.3 is 0 Å². The maximum Gasteiger partial charge on any atom is 0.265 e. The normalized spacial score (nSPS) is 18.6. The second-order valence-electron chi connectivity index (χ2n) is 7.25. The second kappa shape index (κ2) is 8.82. The third kappa shape index (κ3) is 4.70. The van der Waals surface area contributed by atoms with Gasteiger partial charge in [-0.1, -0.05) is 12.1 Å². The van der Waals surface area contributed by atoms with Crippen LogP contribution < -0.4 is 15.0 Å². The van der Waals surface area contributed by atoms with E-state index in [1.807, 2.05) is 40.1 Å². The molecule has 7 nitrogen and oxygen atoms in total. The van der Waals surface area contributed by atoms with Crippen LogP contribution in [0.4, 0.5) is 11.5 Å². The third-order valence-corrected chi connectivity index (χ3v) is 5.60. The predicted molar refractivity (Wildman–Crippen MR) is 114 cm³/mol. The molecule has 4 rings (SSSR count). The van der Waals surface area contributed by atoms with Crippen LogP contribution in [0.5, 0.6) is 5.75 Å². The molecule has 1 unspecified atom stereocenters. The van der Waals surface area contributed by atoms with Crippen molar-refractivity contribution in [2.24, 2.45) is 0 Å². The number of anilines is 2.